The number of hydrogen-bond acceptors (Lipinski definition) is 7. The molecule has 0 amide bonds. The van der Waals surface area contributed by atoms with Crippen molar-refractivity contribution in [3.05, 3.63) is 104 Å². The number of ketones is 1. The standard InChI is InChI=1S/C24H19NO7/c1-15-6-8-16(9-7-15)22(26)20-4-2-3-5-21(20)24(27)31-13-18-11-19(25(28)29)10-17-12-30-14-32-23(17)18/h2-11H,12-14H2,1H3. The van der Waals surface area contributed by atoms with E-state index in [4.69, 9.17) is 14.2 Å². The van der Waals surface area contributed by atoms with E-state index in [9.17, 15) is 19.7 Å². The Balaban J connectivity index is 1.58. The van der Waals surface area contributed by atoms with Gasteiger partial charge in [0.15, 0.2) is 12.6 Å². The van der Waals surface area contributed by atoms with Crippen molar-refractivity contribution >= 4 is 17.4 Å². The van der Waals surface area contributed by atoms with Crippen LogP contribution in [0.15, 0.2) is 60.7 Å². The van der Waals surface area contributed by atoms with Gasteiger partial charge < -0.3 is 14.2 Å². The summed E-state index contributed by atoms with van der Waals surface area (Å²) in [6, 6.07) is 16.1. The lowest BCUT2D eigenvalue weighted by Crippen LogP contribution is -2.16. The number of esters is 1. The predicted molar refractivity (Wildman–Crippen MR) is 114 cm³/mol. The zero-order chi connectivity index (χ0) is 22.7. The van der Waals surface area contributed by atoms with Gasteiger partial charge in [0.1, 0.15) is 12.4 Å². The van der Waals surface area contributed by atoms with Crippen molar-refractivity contribution in [2.45, 2.75) is 20.1 Å². The molecule has 0 saturated carbocycles. The first-order valence-electron chi connectivity index (χ1n) is 9.82. The molecule has 3 aromatic carbocycles. The van der Waals surface area contributed by atoms with E-state index in [-0.39, 0.29) is 42.6 Å². The summed E-state index contributed by atoms with van der Waals surface area (Å²) in [7, 11) is 0. The molecule has 0 aliphatic carbocycles. The third-order valence-electron chi connectivity index (χ3n) is 5.05. The van der Waals surface area contributed by atoms with E-state index in [0.717, 1.165) is 5.56 Å². The van der Waals surface area contributed by atoms with Crippen LogP contribution in [-0.2, 0) is 22.7 Å². The van der Waals surface area contributed by atoms with Crippen molar-refractivity contribution in [1.82, 2.24) is 0 Å². The Morgan fingerprint density at radius 1 is 1.06 bits per heavy atom. The lowest BCUT2D eigenvalue weighted by Gasteiger charge is -2.20. The maximum absolute atomic E-state index is 13.0. The molecular formula is C24H19NO7. The Bertz CT molecular complexity index is 1200. The number of nitrogens with zero attached hydrogens (tertiary/aromatic N) is 1. The minimum atomic E-state index is -0.714. The van der Waals surface area contributed by atoms with E-state index in [1.807, 2.05) is 19.1 Å². The Labute approximate surface area is 183 Å². The molecule has 1 aliphatic rings. The first kappa shape index (κ1) is 21.2. The maximum atomic E-state index is 13.0. The maximum Gasteiger partial charge on any atom is 0.339 e. The van der Waals surface area contributed by atoms with Crippen molar-refractivity contribution < 1.29 is 28.7 Å². The number of nitro benzene ring substituents is 1. The molecule has 0 radical (unpaired) electrons. The minimum Gasteiger partial charge on any atom is -0.467 e. The SMILES string of the molecule is Cc1ccc(C(=O)c2ccccc2C(=O)OCc2cc([N+](=O)[O-])cc3c2OCOC3)cc1. The number of nitro groups is 1. The predicted octanol–water partition coefficient (Wildman–Crippen LogP) is 4.36. The molecule has 0 bridgehead atoms. The van der Waals surface area contributed by atoms with Gasteiger partial charge in [0.25, 0.3) is 5.69 Å². The zero-order valence-corrected chi connectivity index (χ0v) is 17.2. The Morgan fingerprint density at radius 3 is 2.50 bits per heavy atom. The number of carbonyl (C=O) groups excluding carboxylic acids is 2. The van der Waals surface area contributed by atoms with Crippen LogP contribution in [0.25, 0.3) is 0 Å². The highest BCUT2D eigenvalue weighted by atomic mass is 16.7. The second kappa shape index (κ2) is 8.99. The van der Waals surface area contributed by atoms with E-state index in [2.05, 4.69) is 0 Å². The smallest absolute Gasteiger partial charge is 0.339 e. The number of rotatable bonds is 6. The Morgan fingerprint density at radius 2 is 1.78 bits per heavy atom. The van der Waals surface area contributed by atoms with Crippen molar-refractivity contribution in [3.63, 3.8) is 0 Å². The average Bonchev–Trinajstić information content (AvgIpc) is 2.82. The first-order chi connectivity index (χ1) is 15.4. The quantitative estimate of drug-likeness (QED) is 0.246. The van der Waals surface area contributed by atoms with Gasteiger partial charge in [-0.25, -0.2) is 4.79 Å². The number of fused-ring (bicyclic) bond motifs is 1. The number of ether oxygens (including phenoxy) is 3. The summed E-state index contributed by atoms with van der Waals surface area (Å²) in [5, 5.41) is 11.3. The topological polar surface area (TPSA) is 105 Å². The molecule has 8 heteroatoms. The summed E-state index contributed by atoms with van der Waals surface area (Å²) >= 11 is 0. The van der Waals surface area contributed by atoms with Gasteiger partial charge in [0.2, 0.25) is 0 Å². The highest BCUT2D eigenvalue weighted by molar-refractivity contribution is 6.14. The van der Waals surface area contributed by atoms with E-state index in [1.54, 1.807) is 30.3 Å². The molecule has 1 heterocycles. The number of non-ortho nitro benzene ring substituents is 1. The molecular weight excluding hydrogens is 414 g/mol. The average molecular weight is 433 g/mol. The van der Waals surface area contributed by atoms with Crippen LogP contribution in [0.2, 0.25) is 0 Å². The van der Waals surface area contributed by atoms with Gasteiger partial charge in [-0.15, -0.1) is 0 Å². The van der Waals surface area contributed by atoms with Gasteiger partial charge in [0, 0.05) is 34.4 Å². The van der Waals surface area contributed by atoms with Gasteiger partial charge in [-0.05, 0) is 13.0 Å². The molecule has 0 unspecified atom stereocenters. The summed E-state index contributed by atoms with van der Waals surface area (Å²) in [6.45, 7) is 1.82. The summed E-state index contributed by atoms with van der Waals surface area (Å²) < 4.78 is 16.1. The largest absolute Gasteiger partial charge is 0.467 e. The third kappa shape index (κ3) is 4.35. The lowest BCUT2D eigenvalue weighted by molar-refractivity contribution is -0.385. The van der Waals surface area contributed by atoms with Crippen LogP contribution >= 0.6 is 0 Å². The van der Waals surface area contributed by atoms with Gasteiger partial charge in [0.05, 0.1) is 17.1 Å². The summed E-state index contributed by atoms with van der Waals surface area (Å²) in [5.74, 6) is -0.613. The van der Waals surface area contributed by atoms with E-state index in [1.165, 1.54) is 18.2 Å². The molecule has 0 saturated heterocycles. The molecule has 162 valence electrons. The fourth-order valence-corrected chi connectivity index (χ4v) is 3.43. The summed E-state index contributed by atoms with van der Waals surface area (Å²) in [6.07, 6.45) is 0. The van der Waals surface area contributed by atoms with Crippen LogP contribution in [0.1, 0.15) is 43.0 Å². The molecule has 0 spiro atoms. The molecule has 3 aromatic rings. The number of hydrogen-bond donors (Lipinski definition) is 0. The molecule has 0 atom stereocenters. The Hall–Kier alpha value is -4.04. The van der Waals surface area contributed by atoms with Crippen LogP contribution < -0.4 is 4.74 Å². The summed E-state index contributed by atoms with van der Waals surface area (Å²) in [5.41, 5.74) is 2.51. The fraction of sp³-hybridized carbons (Fsp3) is 0.167. The summed E-state index contributed by atoms with van der Waals surface area (Å²) in [4.78, 5) is 36.5. The third-order valence-corrected chi connectivity index (χ3v) is 5.05. The van der Waals surface area contributed by atoms with Gasteiger partial charge in [-0.2, -0.15) is 0 Å². The molecule has 32 heavy (non-hydrogen) atoms. The molecule has 4 rings (SSSR count). The number of aryl methyl sites for hydroxylation is 1. The number of benzene rings is 3. The fourth-order valence-electron chi connectivity index (χ4n) is 3.43. The van der Waals surface area contributed by atoms with Crippen LogP contribution in [0.3, 0.4) is 0 Å². The van der Waals surface area contributed by atoms with Crippen LogP contribution in [0, 0.1) is 17.0 Å². The van der Waals surface area contributed by atoms with Crippen molar-refractivity contribution in [3.8, 4) is 5.75 Å². The van der Waals surface area contributed by atoms with Gasteiger partial charge >= 0.3 is 5.97 Å². The highest BCUT2D eigenvalue weighted by Gasteiger charge is 2.23. The molecule has 8 nitrogen and oxygen atoms in total. The van der Waals surface area contributed by atoms with Gasteiger partial charge in [-0.3, -0.25) is 14.9 Å². The van der Waals surface area contributed by atoms with E-state index in [0.29, 0.717) is 22.4 Å². The van der Waals surface area contributed by atoms with Crippen molar-refractivity contribution in [1.29, 1.82) is 0 Å². The number of carbonyl (C=O) groups is 2. The second-order valence-electron chi connectivity index (χ2n) is 7.28. The Kier molecular flexibility index (Phi) is 5.96. The van der Waals surface area contributed by atoms with E-state index >= 15 is 0 Å². The molecule has 0 fully saturated rings. The van der Waals surface area contributed by atoms with Crippen molar-refractivity contribution in [2.75, 3.05) is 6.79 Å². The zero-order valence-electron chi connectivity index (χ0n) is 17.2. The molecule has 0 aromatic heterocycles. The molecule has 0 N–H and O–H groups in total. The minimum absolute atomic E-state index is 0.000355. The monoisotopic (exact) mass is 433 g/mol. The van der Waals surface area contributed by atoms with Crippen LogP contribution in [0.5, 0.6) is 5.75 Å². The highest BCUT2D eigenvalue weighted by Crippen LogP contribution is 2.33. The van der Waals surface area contributed by atoms with Crippen LogP contribution in [0.4, 0.5) is 5.69 Å². The van der Waals surface area contributed by atoms with Crippen LogP contribution in [-0.4, -0.2) is 23.5 Å². The second-order valence-corrected chi connectivity index (χ2v) is 7.28. The van der Waals surface area contributed by atoms with Crippen molar-refractivity contribution in [2.24, 2.45) is 0 Å². The van der Waals surface area contributed by atoms with E-state index < -0.39 is 10.9 Å². The molecule has 1 aliphatic heterocycles. The van der Waals surface area contributed by atoms with Gasteiger partial charge in [-0.1, -0.05) is 48.0 Å². The first-order valence-corrected chi connectivity index (χ1v) is 9.82. The normalized spacial score (nSPS) is 12.4. The lowest BCUT2D eigenvalue weighted by atomic mass is 9.98.